The number of ketones is 1. The Kier molecular flexibility index (Phi) is 5.35. The van der Waals surface area contributed by atoms with Gasteiger partial charge in [-0.25, -0.2) is 0 Å². The van der Waals surface area contributed by atoms with Crippen molar-refractivity contribution in [1.29, 1.82) is 0 Å². The van der Waals surface area contributed by atoms with Crippen LogP contribution in [0.1, 0.15) is 28.9 Å². The zero-order chi connectivity index (χ0) is 16.8. The maximum absolute atomic E-state index is 12.2. The molecule has 23 heavy (non-hydrogen) atoms. The molecule has 0 spiro atoms. The molecule has 0 aliphatic carbocycles. The second kappa shape index (κ2) is 7.44. The summed E-state index contributed by atoms with van der Waals surface area (Å²) in [5.74, 6) is -0.0224. The van der Waals surface area contributed by atoms with Crippen LogP contribution in [0.25, 0.3) is 0 Å². The quantitative estimate of drug-likeness (QED) is 0.333. The molecule has 2 rings (SSSR count). The van der Waals surface area contributed by atoms with Gasteiger partial charge in [-0.1, -0.05) is 17.0 Å². The summed E-state index contributed by atoms with van der Waals surface area (Å²) in [5, 5.41) is 11.9. The highest BCUT2D eigenvalue weighted by Crippen LogP contribution is 2.13. The van der Waals surface area contributed by atoms with E-state index in [1.807, 2.05) is 12.1 Å². The number of aromatic nitrogens is 2. The maximum Gasteiger partial charge on any atom is 0.305 e. The van der Waals surface area contributed by atoms with Crippen LogP contribution in [0.5, 0.6) is 5.75 Å². The Morgan fingerprint density at radius 3 is 2.43 bits per heavy atom. The second-order valence-corrected chi connectivity index (χ2v) is 4.91. The predicted octanol–water partition coefficient (Wildman–Crippen LogP) is 1.31. The molecule has 2 aromatic rings. The summed E-state index contributed by atoms with van der Waals surface area (Å²) in [6, 6.07) is 8.67. The summed E-state index contributed by atoms with van der Waals surface area (Å²) < 4.78 is 10.9. The van der Waals surface area contributed by atoms with Crippen molar-refractivity contribution in [2.45, 2.75) is 19.4 Å². The van der Waals surface area contributed by atoms with Gasteiger partial charge in [-0.05, 0) is 17.7 Å². The summed E-state index contributed by atoms with van der Waals surface area (Å²) in [5.41, 5.74) is 1.12. The van der Waals surface area contributed by atoms with Gasteiger partial charge >= 0.3 is 5.97 Å². The summed E-state index contributed by atoms with van der Waals surface area (Å²) >= 11 is 0. The Morgan fingerprint density at radius 2 is 1.83 bits per heavy atom. The Hall–Kier alpha value is -2.83. The first-order chi connectivity index (χ1) is 11.0. The van der Waals surface area contributed by atoms with Crippen molar-refractivity contribution in [3.05, 3.63) is 53.0 Å². The fourth-order valence-corrected chi connectivity index (χ4v) is 2.15. The zero-order valence-electron chi connectivity index (χ0n) is 13.0. The van der Waals surface area contributed by atoms with Gasteiger partial charge in [0, 0.05) is 12.5 Å². The highest BCUT2D eigenvalue weighted by molar-refractivity contribution is 5.95. The minimum Gasteiger partial charge on any atom is -0.596 e. The highest BCUT2D eigenvalue weighted by atomic mass is 16.5. The number of esters is 1. The third-order valence-corrected chi connectivity index (χ3v) is 3.44. The van der Waals surface area contributed by atoms with E-state index >= 15 is 0 Å². The largest absolute Gasteiger partial charge is 0.596 e. The van der Waals surface area contributed by atoms with Gasteiger partial charge in [0.05, 0.1) is 20.6 Å². The monoisotopic (exact) mass is 318 g/mol. The van der Waals surface area contributed by atoms with Crippen LogP contribution in [0.4, 0.5) is 0 Å². The number of carbonyl (C=O) groups is 2. The average molecular weight is 318 g/mol. The standard InChI is InChI=1S/C16H18N2O5/c1-22-13-5-3-12(4-6-13)11-17-14(9-10-18(17)21)15(19)7-8-16(20)23-2/h3-6,9-10H,7-8,11H2,1-2H3. The molecule has 0 saturated heterocycles. The van der Waals surface area contributed by atoms with Crippen molar-refractivity contribution in [2.75, 3.05) is 14.2 Å². The molecule has 0 radical (unpaired) electrons. The lowest BCUT2D eigenvalue weighted by Crippen LogP contribution is -2.38. The van der Waals surface area contributed by atoms with Crippen LogP contribution < -0.4 is 9.58 Å². The molecule has 0 bridgehead atoms. The fraction of sp³-hybridized carbons (Fsp3) is 0.312. The van der Waals surface area contributed by atoms with Crippen molar-refractivity contribution in [2.24, 2.45) is 0 Å². The van der Waals surface area contributed by atoms with E-state index in [1.54, 1.807) is 19.2 Å². The molecule has 0 atom stereocenters. The van der Waals surface area contributed by atoms with Crippen LogP contribution in [0.15, 0.2) is 36.5 Å². The molecular formula is C16H18N2O5. The minimum atomic E-state index is -0.457. The van der Waals surface area contributed by atoms with E-state index < -0.39 is 5.97 Å². The predicted molar refractivity (Wildman–Crippen MR) is 81.1 cm³/mol. The summed E-state index contributed by atoms with van der Waals surface area (Å²) in [7, 11) is 2.84. The molecule has 122 valence electrons. The van der Waals surface area contributed by atoms with Crippen LogP contribution in [0.3, 0.4) is 0 Å². The smallest absolute Gasteiger partial charge is 0.305 e. The number of Topliss-reactive ketones (excluding diaryl/α,β-unsaturated/α-hetero) is 1. The van der Waals surface area contributed by atoms with E-state index in [9.17, 15) is 14.8 Å². The lowest BCUT2D eigenvalue weighted by atomic mass is 10.1. The van der Waals surface area contributed by atoms with Crippen LogP contribution in [0, 0.1) is 5.21 Å². The van der Waals surface area contributed by atoms with Crippen molar-refractivity contribution >= 4 is 11.8 Å². The van der Waals surface area contributed by atoms with Crippen LogP contribution in [0.2, 0.25) is 0 Å². The van der Waals surface area contributed by atoms with Crippen molar-refractivity contribution in [1.82, 2.24) is 4.68 Å². The van der Waals surface area contributed by atoms with E-state index in [2.05, 4.69) is 4.74 Å². The van der Waals surface area contributed by atoms with E-state index in [1.165, 1.54) is 24.1 Å². The van der Waals surface area contributed by atoms with E-state index in [0.29, 0.717) is 10.6 Å². The fourth-order valence-electron chi connectivity index (χ4n) is 2.15. The molecular weight excluding hydrogens is 300 g/mol. The Morgan fingerprint density at radius 1 is 1.13 bits per heavy atom. The van der Waals surface area contributed by atoms with E-state index in [-0.39, 0.29) is 30.9 Å². The van der Waals surface area contributed by atoms with Crippen LogP contribution >= 0.6 is 0 Å². The molecule has 1 heterocycles. The third kappa shape index (κ3) is 4.09. The first kappa shape index (κ1) is 16.5. The molecule has 1 aromatic heterocycles. The molecule has 0 aliphatic heterocycles. The average Bonchev–Trinajstić information content (AvgIpc) is 2.94. The van der Waals surface area contributed by atoms with Crippen LogP contribution in [-0.2, 0) is 16.1 Å². The van der Waals surface area contributed by atoms with Crippen LogP contribution in [-0.4, -0.2) is 30.7 Å². The van der Waals surface area contributed by atoms with E-state index in [4.69, 9.17) is 4.74 Å². The molecule has 0 fully saturated rings. The summed E-state index contributed by atoms with van der Waals surface area (Å²) in [4.78, 5) is 23.9. The second-order valence-electron chi connectivity index (χ2n) is 4.91. The normalized spacial score (nSPS) is 10.3. The van der Waals surface area contributed by atoms with Gasteiger partial charge in [-0.2, -0.15) is 0 Å². The molecule has 0 N–H and O–H groups in total. The molecule has 1 aromatic carbocycles. The molecule has 7 heteroatoms. The highest BCUT2D eigenvalue weighted by Gasteiger charge is 2.19. The molecule has 7 nitrogen and oxygen atoms in total. The van der Waals surface area contributed by atoms with E-state index in [0.717, 1.165) is 5.56 Å². The molecule has 0 amide bonds. The number of carbonyl (C=O) groups excluding carboxylic acids is 2. The Bertz CT molecular complexity index is 691. The Labute approximate surface area is 133 Å². The number of methoxy groups -OCH3 is 2. The van der Waals surface area contributed by atoms with Gasteiger partial charge in [-0.3, -0.25) is 9.59 Å². The Balaban J connectivity index is 2.14. The lowest BCUT2D eigenvalue weighted by molar-refractivity contribution is -0.693. The van der Waals surface area contributed by atoms with Crippen molar-refractivity contribution in [3.63, 3.8) is 0 Å². The van der Waals surface area contributed by atoms with Gasteiger partial charge < -0.3 is 14.7 Å². The van der Waals surface area contributed by atoms with Gasteiger partial charge in [-0.15, -0.1) is 4.68 Å². The van der Waals surface area contributed by atoms with Gasteiger partial charge in [0.1, 0.15) is 18.0 Å². The first-order valence-corrected chi connectivity index (χ1v) is 7.07. The number of ether oxygens (including phenoxy) is 2. The van der Waals surface area contributed by atoms with Gasteiger partial charge in [0.25, 0.3) is 0 Å². The molecule has 0 saturated carbocycles. The maximum atomic E-state index is 12.2. The SMILES string of the molecule is COC(=O)CCC(=O)c1cc[n+]([O-])n1Cc1ccc(OC)cc1. The lowest BCUT2D eigenvalue weighted by Gasteiger charge is -2.08. The number of benzene rings is 1. The zero-order valence-corrected chi connectivity index (χ0v) is 13.0. The molecule has 0 aliphatic rings. The number of hydrogen-bond donors (Lipinski definition) is 0. The first-order valence-electron chi connectivity index (χ1n) is 7.07. The topological polar surface area (TPSA) is 84.5 Å². The summed E-state index contributed by atoms with van der Waals surface area (Å²) in [6.07, 6.45) is 1.26. The summed E-state index contributed by atoms with van der Waals surface area (Å²) in [6.45, 7) is 0.250. The molecule has 0 unspecified atom stereocenters. The van der Waals surface area contributed by atoms with Gasteiger partial charge in [0.2, 0.25) is 6.20 Å². The third-order valence-electron chi connectivity index (χ3n) is 3.44. The number of rotatable bonds is 7. The number of hydrogen-bond acceptors (Lipinski definition) is 5. The van der Waals surface area contributed by atoms with Gasteiger partial charge in [0.15, 0.2) is 5.78 Å². The minimum absolute atomic E-state index is 0.000695. The number of nitrogens with zero attached hydrogens (tertiary/aromatic N) is 2. The van der Waals surface area contributed by atoms with Crippen molar-refractivity contribution in [3.8, 4) is 5.75 Å². The van der Waals surface area contributed by atoms with Crippen molar-refractivity contribution < 1.29 is 23.9 Å².